The Hall–Kier alpha value is -2.37. The first-order valence-corrected chi connectivity index (χ1v) is 12.1. The van der Waals surface area contributed by atoms with Gasteiger partial charge in [-0.3, -0.25) is 9.71 Å². The molecule has 2 rings (SSSR count). The van der Waals surface area contributed by atoms with Crippen molar-refractivity contribution in [3.63, 3.8) is 0 Å². The summed E-state index contributed by atoms with van der Waals surface area (Å²) in [5.74, 6) is 0.915. The fourth-order valence-corrected chi connectivity index (χ4v) is 3.52. The average molecular weight is 453 g/mol. The molecule has 2 aromatic rings. The predicted molar refractivity (Wildman–Crippen MR) is 119 cm³/mol. The Labute approximate surface area is 183 Å². The van der Waals surface area contributed by atoms with E-state index in [-0.39, 0.29) is 37.1 Å². The third-order valence-corrected chi connectivity index (χ3v) is 5.09. The molecule has 0 spiro atoms. The topological polar surface area (TPSA) is 150 Å². The van der Waals surface area contributed by atoms with Crippen LogP contribution in [0.3, 0.4) is 0 Å². The predicted octanol–water partition coefficient (Wildman–Crippen LogP) is 1.34. The van der Waals surface area contributed by atoms with Gasteiger partial charge in [0.15, 0.2) is 0 Å². The SMILES string of the molecule is CC(C)C[C@H](CO)Nc1nc(CC(C)c2ccc(CCO)nc2)nc(NS(C)(=O)=O)n1. The van der Waals surface area contributed by atoms with Gasteiger partial charge in [0.25, 0.3) is 0 Å². The fraction of sp³-hybridized carbons (Fsp3) is 0.600. The highest BCUT2D eigenvalue weighted by Gasteiger charge is 2.17. The Morgan fingerprint density at radius 2 is 1.77 bits per heavy atom. The van der Waals surface area contributed by atoms with Crippen LogP contribution in [0.15, 0.2) is 18.3 Å². The van der Waals surface area contributed by atoms with Crippen LogP contribution in [0.1, 0.15) is 50.2 Å². The van der Waals surface area contributed by atoms with Gasteiger partial charge in [0.1, 0.15) is 5.82 Å². The van der Waals surface area contributed by atoms with Crippen LogP contribution in [0.5, 0.6) is 0 Å². The van der Waals surface area contributed by atoms with E-state index in [2.05, 4.69) is 30.0 Å². The molecule has 0 aliphatic carbocycles. The molecule has 2 heterocycles. The van der Waals surface area contributed by atoms with Gasteiger partial charge >= 0.3 is 0 Å². The Kier molecular flexibility index (Phi) is 9.08. The number of nitrogens with zero attached hydrogens (tertiary/aromatic N) is 4. The van der Waals surface area contributed by atoms with Gasteiger partial charge in [-0.05, 0) is 29.9 Å². The summed E-state index contributed by atoms with van der Waals surface area (Å²) in [5, 5.41) is 21.7. The largest absolute Gasteiger partial charge is 0.396 e. The maximum absolute atomic E-state index is 11.7. The van der Waals surface area contributed by atoms with Crippen LogP contribution < -0.4 is 10.0 Å². The first-order valence-electron chi connectivity index (χ1n) is 10.3. The first-order chi connectivity index (χ1) is 14.6. The number of aliphatic hydroxyl groups excluding tert-OH is 2. The Balaban J connectivity index is 2.26. The number of hydrogen-bond donors (Lipinski definition) is 4. The van der Waals surface area contributed by atoms with E-state index < -0.39 is 10.0 Å². The van der Waals surface area contributed by atoms with E-state index in [1.165, 1.54) is 0 Å². The minimum atomic E-state index is -3.56. The molecule has 0 amide bonds. The lowest BCUT2D eigenvalue weighted by molar-refractivity contribution is 0.259. The molecule has 10 nitrogen and oxygen atoms in total. The Morgan fingerprint density at radius 1 is 1.06 bits per heavy atom. The molecule has 0 aliphatic heterocycles. The zero-order valence-corrected chi connectivity index (χ0v) is 19.2. The van der Waals surface area contributed by atoms with Crippen molar-refractivity contribution in [1.82, 2.24) is 19.9 Å². The molecule has 1 unspecified atom stereocenters. The number of pyridine rings is 1. The van der Waals surface area contributed by atoms with Crippen molar-refractivity contribution in [2.75, 3.05) is 29.5 Å². The molecular formula is C20H32N6O4S. The maximum Gasteiger partial charge on any atom is 0.241 e. The van der Waals surface area contributed by atoms with Crippen LogP contribution in [0.25, 0.3) is 0 Å². The van der Waals surface area contributed by atoms with Crippen LogP contribution >= 0.6 is 0 Å². The van der Waals surface area contributed by atoms with Crippen molar-refractivity contribution in [2.45, 2.75) is 52.0 Å². The quantitative estimate of drug-likeness (QED) is 0.374. The van der Waals surface area contributed by atoms with Gasteiger partial charge in [-0.2, -0.15) is 15.0 Å². The van der Waals surface area contributed by atoms with Crippen LogP contribution in [0.2, 0.25) is 0 Å². The Morgan fingerprint density at radius 3 is 2.32 bits per heavy atom. The molecule has 2 atom stereocenters. The number of aromatic nitrogens is 4. The summed E-state index contributed by atoms with van der Waals surface area (Å²) in [4.78, 5) is 17.2. The standard InChI is InChI=1S/C20H32N6O4S/c1-13(2)9-17(12-28)22-19-23-18(24-20(25-19)26-31(4,29)30)10-14(3)15-5-6-16(7-8-27)21-11-15/h5-6,11,13-14,17,27-28H,7-10,12H2,1-4H3,(H2,22,23,24,25,26)/t14?,17-/m1/s1. The number of anilines is 2. The van der Waals surface area contributed by atoms with E-state index >= 15 is 0 Å². The van der Waals surface area contributed by atoms with Crippen molar-refractivity contribution >= 4 is 21.9 Å². The van der Waals surface area contributed by atoms with E-state index in [0.29, 0.717) is 31.0 Å². The minimum Gasteiger partial charge on any atom is -0.396 e. The highest BCUT2D eigenvalue weighted by molar-refractivity contribution is 7.91. The molecule has 0 saturated heterocycles. The second-order valence-electron chi connectivity index (χ2n) is 8.09. The number of rotatable bonds is 12. The second-order valence-corrected chi connectivity index (χ2v) is 9.84. The molecular weight excluding hydrogens is 420 g/mol. The van der Waals surface area contributed by atoms with Gasteiger partial charge in [0.05, 0.1) is 18.9 Å². The minimum absolute atomic E-state index is 0.0151. The summed E-state index contributed by atoms with van der Waals surface area (Å²) < 4.78 is 25.7. The zero-order chi connectivity index (χ0) is 23.0. The fourth-order valence-electron chi connectivity index (χ4n) is 3.10. The van der Waals surface area contributed by atoms with Crippen LogP contribution in [-0.4, -0.2) is 64.1 Å². The maximum atomic E-state index is 11.7. The van der Waals surface area contributed by atoms with Gasteiger partial charge in [0, 0.05) is 31.3 Å². The summed E-state index contributed by atoms with van der Waals surface area (Å²) in [7, 11) is -3.56. The molecule has 0 fully saturated rings. The van der Waals surface area contributed by atoms with E-state index in [4.69, 9.17) is 5.11 Å². The van der Waals surface area contributed by atoms with E-state index in [1.54, 1.807) is 6.20 Å². The van der Waals surface area contributed by atoms with Crippen LogP contribution in [-0.2, 0) is 22.9 Å². The second kappa shape index (κ2) is 11.3. The monoisotopic (exact) mass is 452 g/mol. The van der Waals surface area contributed by atoms with Gasteiger partial charge in [-0.15, -0.1) is 0 Å². The van der Waals surface area contributed by atoms with Gasteiger partial charge in [-0.25, -0.2) is 8.42 Å². The molecule has 0 saturated carbocycles. The molecule has 0 bridgehead atoms. The molecule has 0 aromatic carbocycles. The first kappa shape index (κ1) is 24.9. The highest BCUT2D eigenvalue weighted by Crippen LogP contribution is 2.20. The van der Waals surface area contributed by atoms with E-state index in [1.807, 2.05) is 32.9 Å². The van der Waals surface area contributed by atoms with Crippen LogP contribution in [0, 0.1) is 5.92 Å². The molecule has 11 heteroatoms. The zero-order valence-electron chi connectivity index (χ0n) is 18.4. The number of hydrogen-bond acceptors (Lipinski definition) is 9. The normalized spacial score (nSPS) is 13.8. The van der Waals surface area contributed by atoms with Crippen molar-refractivity contribution in [3.05, 3.63) is 35.4 Å². The Bertz CT molecular complexity index is 937. The summed E-state index contributed by atoms with van der Waals surface area (Å²) in [6.45, 7) is 6.03. The van der Waals surface area contributed by atoms with E-state index in [0.717, 1.165) is 17.5 Å². The molecule has 31 heavy (non-hydrogen) atoms. The number of aliphatic hydroxyl groups is 2. The lowest BCUT2D eigenvalue weighted by atomic mass is 9.99. The van der Waals surface area contributed by atoms with Gasteiger partial charge in [0.2, 0.25) is 21.9 Å². The van der Waals surface area contributed by atoms with Crippen molar-refractivity contribution in [1.29, 1.82) is 0 Å². The van der Waals surface area contributed by atoms with Gasteiger partial charge in [-0.1, -0.05) is 26.8 Å². The van der Waals surface area contributed by atoms with Gasteiger partial charge < -0.3 is 15.5 Å². The van der Waals surface area contributed by atoms with Crippen molar-refractivity contribution in [2.24, 2.45) is 5.92 Å². The van der Waals surface area contributed by atoms with E-state index in [9.17, 15) is 13.5 Å². The summed E-state index contributed by atoms with van der Waals surface area (Å²) in [6, 6.07) is 3.56. The van der Waals surface area contributed by atoms with Crippen molar-refractivity contribution in [3.8, 4) is 0 Å². The smallest absolute Gasteiger partial charge is 0.241 e. The number of nitrogens with one attached hydrogen (secondary N) is 2. The van der Waals surface area contributed by atoms with Crippen LogP contribution in [0.4, 0.5) is 11.9 Å². The average Bonchev–Trinajstić information content (AvgIpc) is 2.66. The molecule has 2 aromatic heterocycles. The lowest BCUT2D eigenvalue weighted by Crippen LogP contribution is -2.27. The lowest BCUT2D eigenvalue weighted by Gasteiger charge is -2.19. The summed E-state index contributed by atoms with van der Waals surface area (Å²) in [5.41, 5.74) is 1.78. The molecule has 172 valence electrons. The third kappa shape index (κ3) is 8.72. The van der Waals surface area contributed by atoms with Crippen molar-refractivity contribution < 1.29 is 18.6 Å². The third-order valence-electron chi connectivity index (χ3n) is 4.54. The highest BCUT2D eigenvalue weighted by atomic mass is 32.2. The molecule has 4 N–H and O–H groups in total. The summed E-state index contributed by atoms with van der Waals surface area (Å²) >= 11 is 0. The number of sulfonamides is 1. The summed E-state index contributed by atoms with van der Waals surface area (Å²) in [6.07, 6.45) is 4.43. The molecule has 0 radical (unpaired) electrons. The molecule has 0 aliphatic rings.